The number of benzene rings is 3. The number of fused-ring (bicyclic) bond motifs is 4. The Morgan fingerprint density at radius 2 is 1.79 bits per heavy atom. The van der Waals surface area contributed by atoms with Gasteiger partial charge in [0.1, 0.15) is 5.75 Å². The van der Waals surface area contributed by atoms with Gasteiger partial charge in [-0.15, -0.1) is 0 Å². The van der Waals surface area contributed by atoms with Gasteiger partial charge in [0.2, 0.25) is 0 Å². The summed E-state index contributed by atoms with van der Waals surface area (Å²) in [4.78, 5) is 42.7. The van der Waals surface area contributed by atoms with E-state index in [9.17, 15) is 19.7 Å². The summed E-state index contributed by atoms with van der Waals surface area (Å²) in [7, 11) is 0. The minimum absolute atomic E-state index is 0.0476. The Balaban J connectivity index is 1.18. The van der Waals surface area contributed by atoms with Crippen LogP contribution in [0.1, 0.15) is 35.3 Å². The molecular weight excluding hydrogens is 522 g/mol. The molecule has 39 heavy (non-hydrogen) atoms. The van der Waals surface area contributed by atoms with Crippen LogP contribution in [-0.4, -0.2) is 53.7 Å². The fraction of sp³-hybridized carbons (Fsp3) is 0.286. The van der Waals surface area contributed by atoms with Crippen LogP contribution in [0.15, 0.2) is 66.7 Å². The predicted octanol–water partition coefficient (Wildman–Crippen LogP) is 4.98. The highest BCUT2D eigenvalue weighted by Gasteiger charge is 2.50. The summed E-state index contributed by atoms with van der Waals surface area (Å²) in [6, 6.07) is 18.4. The van der Waals surface area contributed by atoms with E-state index >= 15 is 0 Å². The Labute approximate surface area is 229 Å². The van der Waals surface area contributed by atoms with E-state index in [-0.39, 0.29) is 23.7 Å². The number of hydrogen-bond donors (Lipinski definition) is 1. The van der Waals surface area contributed by atoms with E-state index in [1.165, 1.54) is 12.1 Å². The van der Waals surface area contributed by atoms with E-state index in [4.69, 9.17) is 16.3 Å². The zero-order valence-electron chi connectivity index (χ0n) is 21.2. The minimum atomic E-state index is -0.939. The predicted molar refractivity (Wildman–Crippen MR) is 147 cm³/mol. The molecular formula is C28H26ClN5O5. The molecule has 3 aromatic carbocycles. The molecule has 1 N–H and O–H groups in total. The molecule has 11 heteroatoms. The van der Waals surface area contributed by atoms with Crippen LogP contribution in [0.25, 0.3) is 0 Å². The van der Waals surface area contributed by atoms with Crippen molar-refractivity contribution in [3.05, 3.63) is 93.0 Å². The lowest BCUT2D eigenvalue weighted by Gasteiger charge is -2.50. The highest BCUT2D eigenvalue weighted by Crippen LogP contribution is 2.46. The third-order valence-electron chi connectivity index (χ3n) is 7.58. The van der Waals surface area contributed by atoms with Gasteiger partial charge >= 0.3 is 6.03 Å². The van der Waals surface area contributed by atoms with Gasteiger partial charge in [0.25, 0.3) is 11.6 Å². The molecule has 3 amide bonds. The molecule has 6 rings (SSSR count). The SMILES string of the molecule is CC12CC(NC(=O)N1c1cccc(C(=O)N3CCN(c4ccc([N+](=O)[O-])cc4)CC3)c1)c1cc(Cl)ccc1O2. The first-order chi connectivity index (χ1) is 18.7. The molecule has 0 aliphatic carbocycles. The molecule has 2 bridgehead atoms. The van der Waals surface area contributed by atoms with Gasteiger partial charge in [-0.3, -0.25) is 19.8 Å². The Morgan fingerprint density at radius 3 is 2.51 bits per heavy atom. The van der Waals surface area contributed by atoms with Gasteiger partial charge in [-0.25, -0.2) is 4.79 Å². The fourth-order valence-electron chi connectivity index (χ4n) is 5.65. The molecule has 200 valence electrons. The van der Waals surface area contributed by atoms with Crippen molar-refractivity contribution >= 4 is 40.6 Å². The number of nitrogens with zero attached hydrogens (tertiary/aromatic N) is 4. The quantitative estimate of drug-likeness (QED) is 0.364. The fourth-order valence-corrected chi connectivity index (χ4v) is 5.83. The molecule has 2 unspecified atom stereocenters. The Bertz CT molecular complexity index is 1470. The van der Waals surface area contributed by atoms with E-state index in [0.717, 1.165) is 11.3 Å². The zero-order valence-corrected chi connectivity index (χ0v) is 21.9. The maximum Gasteiger partial charge on any atom is 0.325 e. The van der Waals surface area contributed by atoms with Crippen molar-refractivity contribution in [3.63, 3.8) is 0 Å². The second kappa shape index (κ2) is 9.46. The number of rotatable bonds is 4. The zero-order chi connectivity index (χ0) is 27.3. The number of carbonyl (C=O) groups excluding carboxylic acids is 2. The van der Waals surface area contributed by atoms with Crippen LogP contribution < -0.4 is 19.9 Å². The number of piperazine rings is 1. The second-order valence-electron chi connectivity index (χ2n) is 10.1. The molecule has 2 fully saturated rings. The number of ether oxygens (including phenoxy) is 1. The monoisotopic (exact) mass is 547 g/mol. The maximum atomic E-state index is 13.4. The first kappa shape index (κ1) is 25.0. The number of carbonyl (C=O) groups is 2. The molecule has 3 aliphatic heterocycles. The van der Waals surface area contributed by atoms with Gasteiger partial charge in [-0.05, 0) is 55.5 Å². The lowest BCUT2D eigenvalue weighted by Crippen LogP contribution is -2.65. The van der Waals surface area contributed by atoms with Crippen LogP contribution >= 0.6 is 11.6 Å². The number of nitro groups is 1. The number of amides is 3. The molecule has 0 spiro atoms. The molecule has 10 nitrogen and oxygen atoms in total. The van der Waals surface area contributed by atoms with Crippen LogP contribution in [0.4, 0.5) is 21.9 Å². The first-order valence-corrected chi connectivity index (χ1v) is 13.1. The minimum Gasteiger partial charge on any atom is -0.467 e. The summed E-state index contributed by atoms with van der Waals surface area (Å²) in [5, 5.41) is 14.6. The van der Waals surface area contributed by atoms with E-state index in [2.05, 4.69) is 10.2 Å². The number of hydrogen-bond acceptors (Lipinski definition) is 6. The molecule has 0 aromatic heterocycles. The lowest BCUT2D eigenvalue weighted by molar-refractivity contribution is -0.384. The van der Waals surface area contributed by atoms with Crippen molar-refractivity contribution in [2.75, 3.05) is 36.0 Å². The van der Waals surface area contributed by atoms with E-state index in [1.54, 1.807) is 52.3 Å². The normalized spacial score (nSPS) is 22.1. The van der Waals surface area contributed by atoms with Gasteiger partial charge in [0.15, 0.2) is 5.72 Å². The van der Waals surface area contributed by atoms with Crippen molar-refractivity contribution in [1.82, 2.24) is 10.2 Å². The highest BCUT2D eigenvalue weighted by molar-refractivity contribution is 6.30. The molecule has 2 atom stereocenters. The average Bonchev–Trinajstić information content (AvgIpc) is 2.93. The number of nitrogens with one attached hydrogen (secondary N) is 1. The molecule has 3 aliphatic rings. The smallest absolute Gasteiger partial charge is 0.325 e. The third-order valence-corrected chi connectivity index (χ3v) is 7.81. The molecule has 0 radical (unpaired) electrons. The van der Waals surface area contributed by atoms with E-state index in [1.807, 2.05) is 19.1 Å². The summed E-state index contributed by atoms with van der Waals surface area (Å²) in [6.45, 7) is 4.10. The number of halogens is 1. The van der Waals surface area contributed by atoms with E-state index in [0.29, 0.717) is 54.6 Å². The molecule has 3 heterocycles. The van der Waals surface area contributed by atoms with Crippen molar-refractivity contribution in [2.24, 2.45) is 0 Å². The molecule has 3 aromatic rings. The Morgan fingerprint density at radius 1 is 1.05 bits per heavy atom. The Kier molecular flexibility index (Phi) is 6.06. The standard InChI is InChI=1S/C28H26ClN5O5/c1-28-17-24(23-16-19(29)5-10-25(23)39-28)30-27(36)33(28)22-4-2-3-18(15-22)26(35)32-13-11-31(12-14-32)20-6-8-21(9-7-20)34(37)38/h2-10,15-16,24H,11-14,17H2,1H3,(H,30,36). The van der Waals surface area contributed by atoms with Gasteiger partial charge in [-0.1, -0.05) is 17.7 Å². The lowest BCUT2D eigenvalue weighted by atomic mass is 9.90. The largest absolute Gasteiger partial charge is 0.467 e. The van der Waals surface area contributed by atoms with E-state index < -0.39 is 10.6 Å². The van der Waals surface area contributed by atoms with Crippen LogP contribution in [0.3, 0.4) is 0 Å². The maximum absolute atomic E-state index is 13.4. The number of urea groups is 1. The summed E-state index contributed by atoms with van der Waals surface area (Å²) >= 11 is 6.18. The number of nitro benzene ring substituents is 1. The summed E-state index contributed by atoms with van der Waals surface area (Å²) in [5.74, 6) is 0.548. The summed E-state index contributed by atoms with van der Waals surface area (Å²) in [6.07, 6.45) is 0.523. The Hall–Kier alpha value is -4.31. The number of non-ortho nitro benzene ring substituents is 1. The van der Waals surface area contributed by atoms with Gasteiger partial charge in [-0.2, -0.15) is 0 Å². The van der Waals surface area contributed by atoms with Crippen molar-refractivity contribution in [1.29, 1.82) is 0 Å². The van der Waals surface area contributed by atoms with Crippen molar-refractivity contribution < 1.29 is 19.2 Å². The summed E-state index contributed by atoms with van der Waals surface area (Å²) in [5.41, 5.74) is 1.90. The highest BCUT2D eigenvalue weighted by atomic mass is 35.5. The average molecular weight is 548 g/mol. The van der Waals surface area contributed by atoms with Crippen LogP contribution in [0.5, 0.6) is 5.75 Å². The van der Waals surface area contributed by atoms with Crippen LogP contribution in [-0.2, 0) is 0 Å². The molecule has 2 saturated heterocycles. The van der Waals surface area contributed by atoms with Gasteiger partial charge in [0, 0.05) is 66.6 Å². The first-order valence-electron chi connectivity index (χ1n) is 12.7. The summed E-state index contributed by atoms with van der Waals surface area (Å²) < 4.78 is 6.34. The van der Waals surface area contributed by atoms with Gasteiger partial charge in [0.05, 0.1) is 16.7 Å². The number of anilines is 2. The van der Waals surface area contributed by atoms with Crippen molar-refractivity contribution in [2.45, 2.75) is 25.1 Å². The second-order valence-corrected chi connectivity index (χ2v) is 10.5. The topological polar surface area (TPSA) is 108 Å². The van der Waals surface area contributed by atoms with Crippen LogP contribution in [0, 0.1) is 10.1 Å². The van der Waals surface area contributed by atoms with Crippen molar-refractivity contribution in [3.8, 4) is 5.75 Å². The molecule has 0 saturated carbocycles. The van der Waals surface area contributed by atoms with Crippen LogP contribution in [0.2, 0.25) is 5.02 Å². The van der Waals surface area contributed by atoms with Gasteiger partial charge < -0.3 is 19.9 Å². The third kappa shape index (κ3) is 4.50.